The van der Waals surface area contributed by atoms with Crippen molar-refractivity contribution in [3.05, 3.63) is 63.5 Å². The number of nitrogens with zero attached hydrogens (tertiary/aromatic N) is 2. The molecule has 0 bridgehead atoms. The van der Waals surface area contributed by atoms with Crippen LogP contribution in [0.3, 0.4) is 0 Å². The van der Waals surface area contributed by atoms with Crippen molar-refractivity contribution in [3.63, 3.8) is 0 Å². The zero-order valence-electron chi connectivity index (χ0n) is 12.3. The van der Waals surface area contributed by atoms with Crippen LogP contribution in [0.15, 0.2) is 56.6 Å². The molecule has 0 aliphatic carbocycles. The molecule has 7 heteroatoms. The number of carbonyl (C=O) groups excluding carboxylic acids is 1. The number of rotatable bonds is 4. The summed E-state index contributed by atoms with van der Waals surface area (Å²) in [4.78, 5) is 28.8. The zero-order chi connectivity index (χ0) is 16.4. The molecule has 0 saturated carbocycles. The number of hydrogen-bond donors (Lipinski definition) is 1. The number of amides is 1. The van der Waals surface area contributed by atoms with E-state index in [1.165, 1.54) is 10.9 Å². The van der Waals surface area contributed by atoms with Crippen LogP contribution in [0.4, 0.5) is 0 Å². The number of fused-ring (bicyclic) bond motifs is 1. The van der Waals surface area contributed by atoms with E-state index in [0.29, 0.717) is 16.7 Å². The topological polar surface area (TPSA) is 77.1 Å². The highest BCUT2D eigenvalue weighted by Crippen LogP contribution is 2.15. The average Bonchev–Trinajstić information content (AvgIpc) is 3.05. The first kappa shape index (κ1) is 15.5. The van der Waals surface area contributed by atoms with Crippen LogP contribution in [0, 0.1) is 0 Å². The number of hydrogen-bond acceptors (Lipinski definition) is 4. The van der Waals surface area contributed by atoms with Crippen molar-refractivity contribution >= 4 is 32.7 Å². The molecule has 0 aliphatic rings. The lowest BCUT2D eigenvalue weighted by Gasteiger charge is -2.12. The third-order valence-corrected chi connectivity index (χ3v) is 3.94. The Morgan fingerprint density at radius 3 is 3.00 bits per heavy atom. The predicted octanol–water partition coefficient (Wildman–Crippen LogP) is 2.63. The highest BCUT2D eigenvalue weighted by atomic mass is 79.9. The Hall–Kier alpha value is -2.41. The van der Waals surface area contributed by atoms with Gasteiger partial charge in [0.1, 0.15) is 12.3 Å². The number of aromatic nitrogens is 2. The standard InChI is InChI=1S/C16H14BrN3O3/c1-10(14-3-2-6-23-14)19-15(21)8-20-9-18-13-5-4-11(17)7-12(13)16(20)22/h2-7,9-10H,8H2,1H3,(H,19,21)/t10-/m1/s1. The number of benzene rings is 1. The fourth-order valence-corrected chi connectivity index (χ4v) is 2.66. The van der Waals surface area contributed by atoms with Gasteiger partial charge in [-0.3, -0.25) is 14.2 Å². The first-order valence-electron chi connectivity index (χ1n) is 7.02. The van der Waals surface area contributed by atoms with Gasteiger partial charge < -0.3 is 9.73 Å². The smallest absolute Gasteiger partial charge is 0.261 e. The van der Waals surface area contributed by atoms with Crippen molar-refractivity contribution in [3.8, 4) is 0 Å². The summed E-state index contributed by atoms with van der Waals surface area (Å²) in [5, 5.41) is 3.25. The van der Waals surface area contributed by atoms with Gasteiger partial charge in [0.25, 0.3) is 5.56 Å². The van der Waals surface area contributed by atoms with Crippen molar-refractivity contribution in [2.45, 2.75) is 19.5 Å². The summed E-state index contributed by atoms with van der Waals surface area (Å²) in [5.41, 5.74) is 0.343. The molecule has 0 radical (unpaired) electrons. The summed E-state index contributed by atoms with van der Waals surface area (Å²) in [5.74, 6) is 0.374. The molecule has 1 N–H and O–H groups in total. The van der Waals surface area contributed by atoms with Crippen molar-refractivity contribution in [1.82, 2.24) is 14.9 Å². The molecule has 23 heavy (non-hydrogen) atoms. The normalized spacial score (nSPS) is 12.3. The molecule has 0 unspecified atom stereocenters. The molecule has 6 nitrogen and oxygen atoms in total. The summed E-state index contributed by atoms with van der Waals surface area (Å²) in [6, 6.07) is 8.54. The Bertz CT molecular complexity index is 903. The van der Waals surface area contributed by atoms with E-state index in [4.69, 9.17) is 4.42 Å². The second kappa shape index (κ2) is 6.37. The van der Waals surface area contributed by atoms with Gasteiger partial charge in [0.05, 0.1) is 29.5 Å². The first-order chi connectivity index (χ1) is 11.0. The average molecular weight is 376 g/mol. The van der Waals surface area contributed by atoms with E-state index in [-0.39, 0.29) is 24.1 Å². The molecule has 2 heterocycles. The van der Waals surface area contributed by atoms with Crippen molar-refractivity contribution in [1.29, 1.82) is 0 Å². The lowest BCUT2D eigenvalue weighted by atomic mass is 10.2. The molecule has 0 saturated heterocycles. The van der Waals surface area contributed by atoms with Crippen LogP contribution in [0.2, 0.25) is 0 Å². The lowest BCUT2D eigenvalue weighted by Crippen LogP contribution is -2.33. The van der Waals surface area contributed by atoms with Crippen LogP contribution in [0.25, 0.3) is 10.9 Å². The lowest BCUT2D eigenvalue weighted by molar-refractivity contribution is -0.122. The fraction of sp³-hybridized carbons (Fsp3) is 0.188. The minimum absolute atomic E-state index is 0.0979. The molecule has 1 aromatic carbocycles. The molecular weight excluding hydrogens is 362 g/mol. The number of halogens is 1. The van der Waals surface area contributed by atoms with Crippen molar-refractivity contribution in [2.75, 3.05) is 0 Å². The van der Waals surface area contributed by atoms with Gasteiger partial charge in [-0.15, -0.1) is 0 Å². The van der Waals surface area contributed by atoms with Crippen LogP contribution >= 0.6 is 15.9 Å². The van der Waals surface area contributed by atoms with E-state index in [9.17, 15) is 9.59 Å². The Kier molecular flexibility index (Phi) is 4.29. The van der Waals surface area contributed by atoms with Crippen molar-refractivity contribution in [2.24, 2.45) is 0 Å². The van der Waals surface area contributed by atoms with Crippen LogP contribution in [0.5, 0.6) is 0 Å². The van der Waals surface area contributed by atoms with Crippen LogP contribution in [-0.2, 0) is 11.3 Å². The second-order valence-electron chi connectivity index (χ2n) is 5.14. The highest BCUT2D eigenvalue weighted by Gasteiger charge is 2.13. The van der Waals surface area contributed by atoms with Gasteiger partial charge >= 0.3 is 0 Å². The summed E-state index contributed by atoms with van der Waals surface area (Å²) >= 11 is 3.33. The van der Waals surface area contributed by atoms with E-state index in [0.717, 1.165) is 4.47 Å². The van der Waals surface area contributed by atoms with Crippen LogP contribution in [0.1, 0.15) is 18.7 Å². The van der Waals surface area contributed by atoms with Crippen molar-refractivity contribution < 1.29 is 9.21 Å². The van der Waals surface area contributed by atoms with Gasteiger partial charge in [0.15, 0.2) is 0 Å². The third-order valence-electron chi connectivity index (χ3n) is 3.45. The van der Waals surface area contributed by atoms with Gasteiger partial charge in [0.2, 0.25) is 5.91 Å². The summed E-state index contributed by atoms with van der Waals surface area (Å²) in [7, 11) is 0. The fourth-order valence-electron chi connectivity index (χ4n) is 2.29. The molecule has 1 amide bonds. The summed E-state index contributed by atoms with van der Waals surface area (Å²) < 4.78 is 7.32. The van der Waals surface area contributed by atoms with Gasteiger partial charge in [-0.2, -0.15) is 0 Å². The minimum atomic E-state index is -0.285. The van der Waals surface area contributed by atoms with Gasteiger partial charge in [-0.1, -0.05) is 15.9 Å². The minimum Gasteiger partial charge on any atom is -0.467 e. The maximum absolute atomic E-state index is 12.4. The molecule has 1 atom stereocenters. The Morgan fingerprint density at radius 1 is 1.43 bits per heavy atom. The molecule has 0 fully saturated rings. The second-order valence-corrected chi connectivity index (χ2v) is 6.06. The quantitative estimate of drug-likeness (QED) is 0.760. The van der Waals surface area contributed by atoms with Crippen LogP contribution in [-0.4, -0.2) is 15.5 Å². The van der Waals surface area contributed by atoms with E-state index in [1.54, 1.807) is 30.5 Å². The Labute approximate surface area is 140 Å². The van der Waals surface area contributed by atoms with E-state index >= 15 is 0 Å². The number of nitrogens with one attached hydrogen (secondary N) is 1. The Morgan fingerprint density at radius 2 is 2.26 bits per heavy atom. The van der Waals surface area contributed by atoms with E-state index in [2.05, 4.69) is 26.2 Å². The number of carbonyl (C=O) groups is 1. The first-order valence-corrected chi connectivity index (χ1v) is 7.81. The van der Waals surface area contributed by atoms with Gasteiger partial charge in [-0.25, -0.2) is 4.98 Å². The largest absolute Gasteiger partial charge is 0.467 e. The summed E-state index contributed by atoms with van der Waals surface area (Å²) in [6.45, 7) is 1.72. The number of furan rings is 1. The molecule has 3 rings (SSSR count). The maximum Gasteiger partial charge on any atom is 0.261 e. The van der Waals surface area contributed by atoms with Gasteiger partial charge in [-0.05, 0) is 37.3 Å². The molecule has 3 aromatic rings. The van der Waals surface area contributed by atoms with E-state index in [1.807, 2.05) is 13.0 Å². The van der Waals surface area contributed by atoms with Gasteiger partial charge in [0, 0.05) is 4.47 Å². The SMILES string of the molecule is C[C@@H](NC(=O)Cn1cnc2ccc(Br)cc2c1=O)c1ccco1. The molecule has 118 valence electrons. The molecular formula is C16H14BrN3O3. The highest BCUT2D eigenvalue weighted by molar-refractivity contribution is 9.10. The maximum atomic E-state index is 12.4. The Balaban J connectivity index is 1.80. The predicted molar refractivity (Wildman–Crippen MR) is 89.0 cm³/mol. The third kappa shape index (κ3) is 3.34. The monoisotopic (exact) mass is 375 g/mol. The molecule has 0 spiro atoms. The van der Waals surface area contributed by atoms with Crippen LogP contribution < -0.4 is 10.9 Å². The van der Waals surface area contributed by atoms with E-state index < -0.39 is 0 Å². The molecule has 0 aliphatic heterocycles. The molecule has 2 aromatic heterocycles. The zero-order valence-corrected chi connectivity index (χ0v) is 13.9. The summed E-state index contributed by atoms with van der Waals surface area (Å²) in [6.07, 6.45) is 2.93.